The third-order valence-corrected chi connectivity index (χ3v) is 3.42. The van der Waals surface area contributed by atoms with Crippen LogP contribution in [0, 0.1) is 17.0 Å². The molecule has 1 fully saturated rings. The molecule has 2 N–H and O–H groups in total. The third-order valence-electron chi connectivity index (χ3n) is 3.42. The van der Waals surface area contributed by atoms with E-state index in [9.17, 15) is 14.9 Å². The minimum atomic E-state index is -0.474. The molecule has 0 bridgehead atoms. The number of rotatable bonds is 4. The van der Waals surface area contributed by atoms with Gasteiger partial charge in [-0.2, -0.15) is 0 Å². The second-order valence-electron chi connectivity index (χ2n) is 5.21. The molecule has 114 valence electrons. The first kappa shape index (κ1) is 15.4. The Hall–Kier alpha value is -1.99. The molecule has 0 saturated carbocycles. The lowest BCUT2D eigenvalue weighted by Crippen LogP contribution is -2.35. The van der Waals surface area contributed by atoms with Crippen LogP contribution in [0.2, 0.25) is 0 Å². The Morgan fingerprint density at radius 1 is 1.43 bits per heavy atom. The van der Waals surface area contributed by atoms with E-state index in [2.05, 4.69) is 15.5 Å². The number of nitrogens with one attached hydrogen (secondary N) is 2. The predicted octanol–water partition coefficient (Wildman–Crippen LogP) is 1.14. The molecule has 1 amide bonds. The van der Waals surface area contributed by atoms with Gasteiger partial charge in [-0.25, -0.2) is 0 Å². The molecule has 0 unspecified atom stereocenters. The zero-order valence-corrected chi connectivity index (χ0v) is 12.1. The second-order valence-corrected chi connectivity index (χ2v) is 5.21. The van der Waals surface area contributed by atoms with E-state index in [-0.39, 0.29) is 23.8 Å². The highest BCUT2D eigenvalue weighted by Gasteiger charge is 2.18. The number of anilines is 1. The van der Waals surface area contributed by atoms with Crippen molar-refractivity contribution in [3.8, 4) is 0 Å². The van der Waals surface area contributed by atoms with E-state index < -0.39 is 4.92 Å². The van der Waals surface area contributed by atoms with Gasteiger partial charge in [0.1, 0.15) is 5.69 Å². The van der Waals surface area contributed by atoms with Crippen molar-refractivity contribution < 1.29 is 9.72 Å². The van der Waals surface area contributed by atoms with Crippen LogP contribution in [0.5, 0.6) is 0 Å². The summed E-state index contributed by atoms with van der Waals surface area (Å²) in [5.41, 5.74) is 0.975. The van der Waals surface area contributed by atoms with Gasteiger partial charge in [0.15, 0.2) is 0 Å². The Labute approximate surface area is 123 Å². The molecule has 7 heteroatoms. The average Bonchev–Trinajstić information content (AvgIpc) is 2.69. The highest BCUT2D eigenvalue weighted by Crippen LogP contribution is 2.25. The Bertz CT molecular complexity index is 525. The molecular formula is C14H20N4O3. The van der Waals surface area contributed by atoms with Crippen LogP contribution in [0.25, 0.3) is 0 Å². The number of aryl methyl sites for hydroxylation is 1. The Morgan fingerprint density at radius 2 is 2.24 bits per heavy atom. The lowest BCUT2D eigenvalue weighted by Gasteiger charge is -2.18. The highest BCUT2D eigenvalue weighted by molar-refractivity contribution is 5.94. The number of hydrogen-bond donors (Lipinski definition) is 2. The fraction of sp³-hybridized carbons (Fsp3) is 0.500. The van der Waals surface area contributed by atoms with Crippen molar-refractivity contribution in [3.05, 3.63) is 33.9 Å². The largest absolute Gasteiger partial charge is 0.319 e. The Morgan fingerprint density at radius 3 is 3.00 bits per heavy atom. The van der Waals surface area contributed by atoms with Crippen LogP contribution >= 0.6 is 0 Å². The highest BCUT2D eigenvalue weighted by atomic mass is 16.6. The van der Waals surface area contributed by atoms with Crippen LogP contribution in [0.3, 0.4) is 0 Å². The maximum atomic E-state index is 12.1. The zero-order chi connectivity index (χ0) is 15.2. The quantitative estimate of drug-likeness (QED) is 0.642. The molecule has 1 aliphatic heterocycles. The number of hydrogen-bond acceptors (Lipinski definition) is 5. The van der Waals surface area contributed by atoms with Gasteiger partial charge in [-0.15, -0.1) is 0 Å². The molecule has 1 aliphatic rings. The summed E-state index contributed by atoms with van der Waals surface area (Å²) in [7, 11) is 0. The maximum Gasteiger partial charge on any atom is 0.293 e. The van der Waals surface area contributed by atoms with Crippen LogP contribution in [-0.2, 0) is 4.79 Å². The average molecular weight is 292 g/mol. The van der Waals surface area contributed by atoms with Crippen molar-refractivity contribution in [1.82, 2.24) is 10.2 Å². The standard InChI is InChI=1S/C14H20N4O3/c1-11-3-4-12(13(9-11)18(20)21)16-14(19)10-17-7-2-5-15-6-8-17/h3-4,9,15H,2,5-8,10H2,1H3,(H,16,19). The van der Waals surface area contributed by atoms with Crippen molar-refractivity contribution in [3.63, 3.8) is 0 Å². The summed E-state index contributed by atoms with van der Waals surface area (Å²) in [5.74, 6) is -0.219. The van der Waals surface area contributed by atoms with Gasteiger partial charge in [0.05, 0.1) is 11.5 Å². The minimum absolute atomic E-state index is 0.0686. The van der Waals surface area contributed by atoms with Crippen LogP contribution in [0.15, 0.2) is 18.2 Å². The van der Waals surface area contributed by atoms with E-state index in [1.165, 1.54) is 6.07 Å². The van der Waals surface area contributed by atoms with Crippen molar-refractivity contribution in [2.75, 3.05) is 38.0 Å². The van der Waals surface area contributed by atoms with Gasteiger partial charge < -0.3 is 10.6 Å². The molecule has 0 atom stereocenters. The molecule has 2 rings (SSSR count). The summed E-state index contributed by atoms with van der Waals surface area (Å²) in [6.45, 7) is 5.52. The number of nitrogens with zero attached hydrogens (tertiary/aromatic N) is 2. The SMILES string of the molecule is Cc1ccc(NC(=O)CN2CCCNCC2)c([N+](=O)[O-])c1. The van der Waals surface area contributed by atoms with E-state index in [1.54, 1.807) is 19.1 Å². The van der Waals surface area contributed by atoms with Crippen molar-refractivity contribution >= 4 is 17.3 Å². The van der Waals surface area contributed by atoms with Crippen LogP contribution < -0.4 is 10.6 Å². The van der Waals surface area contributed by atoms with E-state index in [0.717, 1.165) is 38.2 Å². The van der Waals surface area contributed by atoms with Gasteiger partial charge in [-0.05, 0) is 38.1 Å². The van der Waals surface area contributed by atoms with Crippen molar-refractivity contribution in [2.45, 2.75) is 13.3 Å². The minimum Gasteiger partial charge on any atom is -0.319 e. The van der Waals surface area contributed by atoms with E-state index >= 15 is 0 Å². The number of carbonyl (C=O) groups is 1. The van der Waals surface area contributed by atoms with Crippen LogP contribution in [-0.4, -0.2) is 48.5 Å². The summed E-state index contributed by atoms with van der Waals surface area (Å²) in [6, 6.07) is 4.79. The van der Waals surface area contributed by atoms with Crippen molar-refractivity contribution in [2.24, 2.45) is 0 Å². The Balaban J connectivity index is 2.00. The maximum absolute atomic E-state index is 12.1. The topological polar surface area (TPSA) is 87.5 Å². The zero-order valence-electron chi connectivity index (χ0n) is 12.1. The normalized spacial score (nSPS) is 16.2. The van der Waals surface area contributed by atoms with Gasteiger partial charge in [-0.3, -0.25) is 19.8 Å². The number of nitro benzene ring substituents is 1. The monoisotopic (exact) mass is 292 g/mol. The smallest absolute Gasteiger partial charge is 0.293 e. The number of amides is 1. The van der Waals surface area contributed by atoms with Gasteiger partial charge in [-0.1, -0.05) is 6.07 Å². The molecule has 0 aromatic heterocycles. The number of benzene rings is 1. The van der Waals surface area contributed by atoms with E-state index in [4.69, 9.17) is 0 Å². The van der Waals surface area contributed by atoms with Crippen molar-refractivity contribution in [1.29, 1.82) is 0 Å². The molecule has 1 heterocycles. The Kier molecular flexibility index (Phi) is 5.24. The molecule has 7 nitrogen and oxygen atoms in total. The molecule has 1 saturated heterocycles. The first-order valence-corrected chi connectivity index (χ1v) is 7.04. The molecule has 1 aromatic carbocycles. The number of carbonyl (C=O) groups excluding carboxylic acids is 1. The lowest BCUT2D eigenvalue weighted by atomic mass is 10.2. The summed E-state index contributed by atoms with van der Waals surface area (Å²) < 4.78 is 0. The van der Waals surface area contributed by atoms with Gasteiger partial charge in [0, 0.05) is 19.2 Å². The summed E-state index contributed by atoms with van der Waals surface area (Å²) in [6.07, 6.45) is 0.998. The molecule has 21 heavy (non-hydrogen) atoms. The van der Waals surface area contributed by atoms with Crippen LogP contribution in [0.4, 0.5) is 11.4 Å². The first-order chi connectivity index (χ1) is 10.1. The predicted molar refractivity (Wildman–Crippen MR) is 80.4 cm³/mol. The third kappa shape index (κ3) is 4.51. The summed E-state index contributed by atoms with van der Waals surface area (Å²) in [4.78, 5) is 24.7. The molecule has 0 radical (unpaired) electrons. The second kappa shape index (κ2) is 7.14. The molecule has 1 aromatic rings. The fourth-order valence-electron chi connectivity index (χ4n) is 2.35. The van der Waals surface area contributed by atoms with E-state index in [0.29, 0.717) is 0 Å². The van der Waals surface area contributed by atoms with Gasteiger partial charge in [0.25, 0.3) is 5.69 Å². The first-order valence-electron chi connectivity index (χ1n) is 7.04. The van der Waals surface area contributed by atoms with Gasteiger partial charge in [0.2, 0.25) is 5.91 Å². The van der Waals surface area contributed by atoms with E-state index in [1.807, 2.05) is 0 Å². The number of nitro groups is 1. The molecule has 0 aliphatic carbocycles. The lowest BCUT2D eigenvalue weighted by molar-refractivity contribution is -0.384. The van der Waals surface area contributed by atoms with Crippen LogP contribution in [0.1, 0.15) is 12.0 Å². The summed E-state index contributed by atoms with van der Waals surface area (Å²) >= 11 is 0. The summed E-state index contributed by atoms with van der Waals surface area (Å²) in [5, 5.41) is 16.9. The fourth-order valence-corrected chi connectivity index (χ4v) is 2.35. The molecular weight excluding hydrogens is 272 g/mol. The van der Waals surface area contributed by atoms with Gasteiger partial charge >= 0.3 is 0 Å². The molecule has 0 spiro atoms.